The second-order valence-electron chi connectivity index (χ2n) is 6.67. The summed E-state index contributed by atoms with van der Waals surface area (Å²) in [6.07, 6.45) is 2.48. The number of rotatable bonds is 5. The highest BCUT2D eigenvalue weighted by Gasteiger charge is 2.30. The molecule has 0 aliphatic carbocycles. The van der Waals surface area contributed by atoms with Crippen LogP contribution < -0.4 is 5.73 Å². The summed E-state index contributed by atoms with van der Waals surface area (Å²) in [7, 11) is 0. The van der Waals surface area contributed by atoms with Crippen LogP contribution in [0.3, 0.4) is 0 Å². The van der Waals surface area contributed by atoms with E-state index in [9.17, 15) is 22.4 Å². The molecule has 146 valence electrons. The summed E-state index contributed by atoms with van der Waals surface area (Å²) in [4.78, 5) is 13.9. The van der Waals surface area contributed by atoms with Crippen molar-refractivity contribution in [1.29, 1.82) is 0 Å². The van der Waals surface area contributed by atoms with Gasteiger partial charge >= 0.3 is 6.55 Å². The van der Waals surface area contributed by atoms with Crippen LogP contribution in [0.25, 0.3) is 0 Å². The molecule has 1 aliphatic heterocycles. The second-order valence-corrected chi connectivity index (χ2v) is 6.67. The Morgan fingerprint density at radius 2 is 1.93 bits per heavy atom. The van der Waals surface area contributed by atoms with Crippen molar-refractivity contribution in [1.82, 2.24) is 14.7 Å². The lowest BCUT2D eigenvalue weighted by atomic mass is 9.86. The van der Waals surface area contributed by atoms with E-state index in [-0.39, 0.29) is 29.6 Å². The minimum Gasteiger partial charge on any atom is -0.337 e. The molecule has 0 bridgehead atoms. The highest BCUT2D eigenvalue weighted by molar-refractivity contribution is 5.92. The SMILES string of the molecule is NC(Cc1cc(F)ccc1F)C1CCN(C(=O)c2ccnn2C(F)F)CC1. The Bertz CT molecular complexity index is 802. The molecule has 5 nitrogen and oxygen atoms in total. The minimum absolute atomic E-state index is 0.0247. The summed E-state index contributed by atoms with van der Waals surface area (Å²) in [5, 5.41) is 3.47. The fourth-order valence-corrected chi connectivity index (χ4v) is 3.45. The van der Waals surface area contributed by atoms with Crippen LogP contribution in [0, 0.1) is 17.6 Å². The number of hydrogen-bond acceptors (Lipinski definition) is 3. The number of alkyl halides is 2. The molecule has 2 N–H and O–H groups in total. The second kappa shape index (κ2) is 8.08. The third-order valence-corrected chi connectivity index (χ3v) is 4.97. The first-order valence-electron chi connectivity index (χ1n) is 8.67. The third-order valence-electron chi connectivity index (χ3n) is 4.97. The quantitative estimate of drug-likeness (QED) is 0.806. The first kappa shape index (κ1) is 19.3. The first-order chi connectivity index (χ1) is 12.9. The number of carbonyl (C=O) groups is 1. The molecule has 9 heteroatoms. The molecule has 1 atom stereocenters. The van der Waals surface area contributed by atoms with Crippen LogP contribution in [0.2, 0.25) is 0 Å². The first-order valence-corrected chi connectivity index (χ1v) is 8.67. The molecule has 1 aromatic heterocycles. The van der Waals surface area contributed by atoms with Crippen LogP contribution in [0.1, 0.15) is 35.4 Å². The van der Waals surface area contributed by atoms with Gasteiger partial charge in [0.05, 0.1) is 0 Å². The number of carbonyl (C=O) groups excluding carboxylic acids is 1. The molecule has 3 rings (SSSR count). The number of benzene rings is 1. The fraction of sp³-hybridized carbons (Fsp3) is 0.444. The van der Waals surface area contributed by atoms with Crippen molar-refractivity contribution in [3.8, 4) is 0 Å². The molecule has 27 heavy (non-hydrogen) atoms. The maximum Gasteiger partial charge on any atom is 0.333 e. The zero-order valence-electron chi connectivity index (χ0n) is 14.5. The predicted octanol–water partition coefficient (Wildman–Crippen LogP) is 2.98. The summed E-state index contributed by atoms with van der Waals surface area (Å²) in [5.41, 5.74) is 6.24. The van der Waals surface area contributed by atoms with E-state index in [0.717, 1.165) is 24.4 Å². The fourth-order valence-electron chi connectivity index (χ4n) is 3.45. The lowest BCUT2D eigenvalue weighted by Gasteiger charge is -2.35. The van der Waals surface area contributed by atoms with Crippen molar-refractivity contribution in [2.45, 2.75) is 31.9 Å². The van der Waals surface area contributed by atoms with Gasteiger partial charge in [0.15, 0.2) is 0 Å². The van der Waals surface area contributed by atoms with E-state index in [1.807, 2.05) is 0 Å². The average Bonchev–Trinajstić information content (AvgIpc) is 3.14. The number of hydrogen-bond donors (Lipinski definition) is 1. The topological polar surface area (TPSA) is 64.2 Å². The molecule has 1 saturated heterocycles. The van der Waals surface area contributed by atoms with E-state index in [4.69, 9.17) is 5.73 Å². The third kappa shape index (κ3) is 4.29. The van der Waals surface area contributed by atoms with E-state index >= 15 is 0 Å². The number of aromatic nitrogens is 2. The van der Waals surface area contributed by atoms with Gasteiger partial charge in [-0.15, -0.1) is 0 Å². The molecular weight excluding hydrogens is 364 g/mol. The lowest BCUT2D eigenvalue weighted by Crippen LogP contribution is -2.44. The number of nitrogens with two attached hydrogens (primary N) is 1. The van der Waals surface area contributed by atoms with Gasteiger partial charge in [0.1, 0.15) is 17.3 Å². The van der Waals surface area contributed by atoms with Gasteiger partial charge in [0, 0.05) is 25.3 Å². The van der Waals surface area contributed by atoms with Gasteiger partial charge in [-0.25, -0.2) is 8.78 Å². The number of halogens is 4. The van der Waals surface area contributed by atoms with Crippen molar-refractivity contribution in [2.75, 3.05) is 13.1 Å². The molecule has 1 amide bonds. The normalized spacial score (nSPS) is 16.7. The molecular formula is C18H20F4N4O. The van der Waals surface area contributed by atoms with Crippen molar-refractivity contribution in [2.24, 2.45) is 11.7 Å². The number of amides is 1. The summed E-state index contributed by atoms with van der Waals surface area (Å²) >= 11 is 0. The van der Waals surface area contributed by atoms with E-state index in [1.54, 1.807) is 0 Å². The van der Waals surface area contributed by atoms with E-state index in [0.29, 0.717) is 30.6 Å². The van der Waals surface area contributed by atoms with Crippen LogP contribution in [0.4, 0.5) is 17.6 Å². The van der Waals surface area contributed by atoms with Gasteiger partial charge in [0.25, 0.3) is 5.91 Å². The molecule has 1 unspecified atom stereocenters. The molecule has 0 radical (unpaired) electrons. The molecule has 1 fully saturated rings. The molecule has 1 aromatic carbocycles. The average molecular weight is 384 g/mol. The highest BCUT2D eigenvalue weighted by Crippen LogP contribution is 2.24. The Labute approximate surface area is 153 Å². The number of piperidine rings is 1. The van der Waals surface area contributed by atoms with Crippen molar-refractivity contribution in [3.05, 3.63) is 53.4 Å². The van der Waals surface area contributed by atoms with Gasteiger partial charge in [-0.05, 0) is 55.0 Å². The molecule has 1 aliphatic rings. The van der Waals surface area contributed by atoms with Gasteiger partial charge in [-0.1, -0.05) is 0 Å². The lowest BCUT2D eigenvalue weighted by molar-refractivity contribution is 0.0440. The van der Waals surface area contributed by atoms with Crippen LogP contribution in [0.5, 0.6) is 0 Å². The van der Waals surface area contributed by atoms with Gasteiger partial charge < -0.3 is 10.6 Å². The van der Waals surface area contributed by atoms with E-state index in [2.05, 4.69) is 5.10 Å². The summed E-state index contributed by atoms with van der Waals surface area (Å²) in [5.74, 6) is -1.50. The van der Waals surface area contributed by atoms with Crippen molar-refractivity contribution >= 4 is 5.91 Å². The zero-order chi connectivity index (χ0) is 19.6. The predicted molar refractivity (Wildman–Crippen MR) is 90.1 cm³/mol. The maximum atomic E-state index is 13.8. The molecule has 0 saturated carbocycles. The Morgan fingerprint density at radius 1 is 1.22 bits per heavy atom. The van der Waals surface area contributed by atoms with Gasteiger partial charge in [-0.2, -0.15) is 18.6 Å². The monoisotopic (exact) mass is 384 g/mol. The Hall–Kier alpha value is -2.42. The maximum absolute atomic E-state index is 13.8. The number of nitrogens with zero attached hydrogens (tertiary/aromatic N) is 3. The standard InChI is InChI=1S/C18H20F4N4O/c19-13-1-2-14(20)12(9-13)10-15(23)11-4-7-25(8-5-11)17(27)16-3-6-24-26(16)18(21)22/h1-3,6,9,11,15,18H,4-5,7-8,10,23H2. The summed E-state index contributed by atoms with van der Waals surface area (Å²) in [6, 6.07) is 4.15. The zero-order valence-corrected chi connectivity index (χ0v) is 14.5. The molecule has 2 aromatic rings. The minimum atomic E-state index is -2.88. The summed E-state index contributed by atoms with van der Waals surface area (Å²) < 4.78 is 53.2. The van der Waals surface area contributed by atoms with Crippen LogP contribution in [-0.4, -0.2) is 39.7 Å². The molecule has 0 spiro atoms. The van der Waals surface area contributed by atoms with Gasteiger partial charge in [-0.3, -0.25) is 4.79 Å². The van der Waals surface area contributed by atoms with Crippen LogP contribution in [0.15, 0.2) is 30.5 Å². The van der Waals surface area contributed by atoms with E-state index in [1.165, 1.54) is 11.0 Å². The molecule has 2 heterocycles. The van der Waals surface area contributed by atoms with Crippen molar-refractivity contribution < 1.29 is 22.4 Å². The Morgan fingerprint density at radius 3 is 2.59 bits per heavy atom. The highest BCUT2D eigenvalue weighted by atomic mass is 19.3. The smallest absolute Gasteiger partial charge is 0.333 e. The largest absolute Gasteiger partial charge is 0.337 e. The van der Waals surface area contributed by atoms with Crippen LogP contribution in [-0.2, 0) is 6.42 Å². The van der Waals surface area contributed by atoms with Crippen LogP contribution >= 0.6 is 0 Å². The summed E-state index contributed by atoms with van der Waals surface area (Å²) in [6.45, 7) is -2.17. The van der Waals surface area contributed by atoms with Gasteiger partial charge in [0.2, 0.25) is 0 Å². The Kier molecular flexibility index (Phi) is 5.79. The Balaban J connectivity index is 1.59. The van der Waals surface area contributed by atoms with E-state index < -0.39 is 24.1 Å². The van der Waals surface area contributed by atoms with Crippen molar-refractivity contribution in [3.63, 3.8) is 0 Å². The number of likely N-dealkylation sites (tertiary alicyclic amines) is 1.